The lowest BCUT2D eigenvalue weighted by Gasteiger charge is -2.22. The van der Waals surface area contributed by atoms with Crippen molar-refractivity contribution in [2.75, 3.05) is 13.2 Å². The standard InChI is InChI=1S/C61H117NO5/c1-3-5-7-9-11-13-15-17-19-21-22-23-24-25-26-27-28-29-30-32-34-37-41-45-49-53-59(64)58(57-63)62-60(65)54-50-46-42-38-36-40-44-48-52-56-67-61(66)55-51-47-43-39-35-33-31-20-18-16-14-12-10-8-6-4-2/h14,16,20,31,58-59,63-64H,3-13,15,17-19,21-30,32-57H2,1-2H3,(H,62,65)/b16-14-,31-20-. The summed E-state index contributed by atoms with van der Waals surface area (Å²) < 4.78 is 5.46. The number of rotatable bonds is 56. The Hall–Kier alpha value is -1.66. The summed E-state index contributed by atoms with van der Waals surface area (Å²) in [5.41, 5.74) is 0. The molecule has 0 saturated heterocycles. The number of unbranched alkanes of at least 4 members (excludes halogenated alkanes) is 41. The maximum atomic E-state index is 12.5. The molecule has 6 nitrogen and oxygen atoms in total. The number of carbonyl (C=O) groups excluding carboxylic acids is 2. The van der Waals surface area contributed by atoms with Crippen molar-refractivity contribution in [3.8, 4) is 0 Å². The van der Waals surface area contributed by atoms with E-state index in [1.807, 2.05) is 0 Å². The number of aliphatic hydroxyl groups is 2. The van der Waals surface area contributed by atoms with Crippen LogP contribution in [0.5, 0.6) is 0 Å². The Bertz CT molecular complexity index is 1040. The first kappa shape index (κ1) is 65.3. The van der Waals surface area contributed by atoms with Crippen LogP contribution in [0.2, 0.25) is 0 Å². The molecule has 6 heteroatoms. The molecule has 0 radical (unpaired) electrons. The molecule has 0 aromatic heterocycles. The zero-order valence-electron chi connectivity index (χ0n) is 45.1. The van der Waals surface area contributed by atoms with Crippen LogP contribution in [0, 0.1) is 0 Å². The van der Waals surface area contributed by atoms with Crippen LogP contribution < -0.4 is 5.32 Å². The molecule has 0 fully saturated rings. The van der Waals surface area contributed by atoms with Gasteiger partial charge >= 0.3 is 5.97 Å². The summed E-state index contributed by atoms with van der Waals surface area (Å²) in [4.78, 5) is 24.6. The van der Waals surface area contributed by atoms with Crippen LogP contribution >= 0.6 is 0 Å². The molecule has 0 aromatic rings. The summed E-state index contributed by atoms with van der Waals surface area (Å²) in [7, 11) is 0. The molecule has 67 heavy (non-hydrogen) atoms. The number of hydrogen-bond acceptors (Lipinski definition) is 5. The molecule has 3 N–H and O–H groups in total. The largest absolute Gasteiger partial charge is 0.466 e. The quantitative estimate of drug-likeness (QED) is 0.0321. The molecule has 0 aliphatic carbocycles. The highest BCUT2D eigenvalue weighted by molar-refractivity contribution is 5.76. The van der Waals surface area contributed by atoms with Crippen LogP contribution in [0.1, 0.15) is 328 Å². The first-order valence-corrected chi connectivity index (χ1v) is 30.1. The predicted octanol–water partition coefficient (Wildman–Crippen LogP) is 18.6. The van der Waals surface area contributed by atoms with Crippen molar-refractivity contribution < 1.29 is 24.5 Å². The second-order valence-electron chi connectivity index (χ2n) is 20.7. The first-order chi connectivity index (χ1) is 33.0. The zero-order valence-corrected chi connectivity index (χ0v) is 45.1. The highest BCUT2D eigenvalue weighted by Crippen LogP contribution is 2.18. The minimum Gasteiger partial charge on any atom is -0.466 e. The van der Waals surface area contributed by atoms with E-state index in [1.54, 1.807) is 0 Å². The smallest absolute Gasteiger partial charge is 0.305 e. The van der Waals surface area contributed by atoms with Gasteiger partial charge in [0.1, 0.15) is 0 Å². The number of esters is 1. The molecule has 2 unspecified atom stereocenters. The van der Waals surface area contributed by atoms with Crippen molar-refractivity contribution in [3.63, 3.8) is 0 Å². The fourth-order valence-corrected chi connectivity index (χ4v) is 9.38. The average Bonchev–Trinajstić information content (AvgIpc) is 3.33. The zero-order chi connectivity index (χ0) is 48.6. The summed E-state index contributed by atoms with van der Waals surface area (Å²) in [6, 6.07) is -0.564. The summed E-state index contributed by atoms with van der Waals surface area (Å²) in [6.45, 7) is 4.89. The van der Waals surface area contributed by atoms with E-state index in [9.17, 15) is 19.8 Å². The average molecular weight is 945 g/mol. The fraction of sp³-hybridized carbons (Fsp3) is 0.902. The van der Waals surface area contributed by atoms with Crippen molar-refractivity contribution in [2.24, 2.45) is 0 Å². The Morgan fingerprint density at radius 2 is 0.746 bits per heavy atom. The number of ether oxygens (including phenoxy) is 1. The summed E-state index contributed by atoms with van der Waals surface area (Å²) >= 11 is 0. The number of hydrogen-bond donors (Lipinski definition) is 3. The molecule has 1 amide bonds. The monoisotopic (exact) mass is 944 g/mol. The lowest BCUT2D eigenvalue weighted by molar-refractivity contribution is -0.143. The number of allylic oxidation sites excluding steroid dienone is 4. The minimum absolute atomic E-state index is 0.0372. The van der Waals surface area contributed by atoms with Crippen LogP contribution in [0.3, 0.4) is 0 Å². The molecule has 2 atom stereocenters. The third kappa shape index (κ3) is 53.5. The molecule has 0 heterocycles. The Morgan fingerprint density at radius 3 is 1.15 bits per heavy atom. The molecule has 0 saturated carbocycles. The highest BCUT2D eigenvalue weighted by atomic mass is 16.5. The summed E-state index contributed by atoms with van der Waals surface area (Å²) in [6.07, 6.45) is 68.9. The third-order valence-corrected chi connectivity index (χ3v) is 14.0. The normalized spacial score (nSPS) is 12.7. The lowest BCUT2D eigenvalue weighted by Crippen LogP contribution is -2.45. The van der Waals surface area contributed by atoms with Gasteiger partial charge in [0.05, 0.1) is 25.4 Å². The van der Waals surface area contributed by atoms with Crippen molar-refractivity contribution >= 4 is 11.9 Å². The Morgan fingerprint density at radius 1 is 0.418 bits per heavy atom. The lowest BCUT2D eigenvalue weighted by atomic mass is 10.0. The van der Waals surface area contributed by atoms with E-state index >= 15 is 0 Å². The number of carbonyl (C=O) groups is 2. The maximum absolute atomic E-state index is 12.5. The fourth-order valence-electron chi connectivity index (χ4n) is 9.38. The molecule has 0 rings (SSSR count). The van der Waals surface area contributed by atoms with Gasteiger partial charge in [-0.3, -0.25) is 9.59 Å². The van der Waals surface area contributed by atoms with Gasteiger partial charge in [-0.05, 0) is 57.8 Å². The first-order valence-electron chi connectivity index (χ1n) is 30.1. The van der Waals surface area contributed by atoms with Gasteiger partial charge in [0, 0.05) is 12.8 Å². The van der Waals surface area contributed by atoms with Gasteiger partial charge < -0.3 is 20.3 Å². The van der Waals surface area contributed by atoms with Crippen LogP contribution in [-0.4, -0.2) is 47.4 Å². The van der Waals surface area contributed by atoms with E-state index in [0.717, 1.165) is 70.6 Å². The van der Waals surface area contributed by atoms with E-state index < -0.39 is 12.1 Å². The minimum atomic E-state index is -0.684. The SMILES string of the molecule is CCCCCC/C=C\C/C=C\CCCCCCCC(=O)OCCCCCCCCCCCC(=O)NC(CO)C(O)CCCCCCCCCCCCCCCCCCCCCCCCCCC. The Kier molecular flexibility index (Phi) is 55.5. The Balaban J connectivity index is 3.47. The van der Waals surface area contributed by atoms with Gasteiger partial charge in [0.2, 0.25) is 5.91 Å². The van der Waals surface area contributed by atoms with Gasteiger partial charge in [-0.25, -0.2) is 0 Å². The molecule has 396 valence electrons. The topological polar surface area (TPSA) is 95.9 Å². The molecular formula is C61H117NO5. The van der Waals surface area contributed by atoms with Crippen LogP contribution in [0.4, 0.5) is 0 Å². The highest BCUT2D eigenvalue weighted by Gasteiger charge is 2.20. The van der Waals surface area contributed by atoms with Gasteiger partial charge in [-0.15, -0.1) is 0 Å². The summed E-state index contributed by atoms with van der Waals surface area (Å²) in [5, 5.41) is 23.4. The van der Waals surface area contributed by atoms with Crippen LogP contribution in [0.15, 0.2) is 24.3 Å². The molecule has 0 spiro atoms. The van der Waals surface area contributed by atoms with E-state index in [1.165, 1.54) is 225 Å². The van der Waals surface area contributed by atoms with Crippen molar-refractivity contribution in [1.29, 1.82) is 0 Å². The van der Waals surface area contributed by atoms with Crippen LogP contribution in [0.25, 0.3) is 0 Å². The Labute approximate surface area is 418 Å². The number of aliphatic hydroxyl groups excluding tert-OH is 2. The van der Waals surface area contributed by atoms with E-state index in [0.29, 0.717) is 25.9 Å². The van der Waals surface area contributed by atoms with Crippen molar-refractivity contribution in [3.05, 3.63) is 24.3 Å². The third-order valence-electron chi connectivity index (χ3n) is 14.0. The van der Waals surface area contributed by atoms with Crippen molar-refractivity contribution in [2.45, 2.75) is 341 Å². The van der Waals surface area contributed by atoms with Crippen molar-refractivity contribution in [1.82, 2.24) is 5.32 Å². The second kappa shape index (κ2) is 56.9. The van der Waals surface area contributed by atoms with Crippen LogP contribution in [-0.2, 0) is 14.3 Å². The maximum Gasteiger partial charge on any atom is 0.305 e. The number of nitrogens with one attached hydrogen (secondary N) is 1. The van der Waals surface area contributed by atoms with E-state index in [-0.39, 0.29) is 18.5 Å². The predicted molar refractivity (Wildman–Crippen MR) is 292 cm³/mol. The van der Waals surface area contributed by atoms with E-state index in [2.05, 4.69) is 43.5 Å². The second-order valence-corrected chi connectivity index (χ2v) is 20.7. The summed E-state index contributed by atoms with van der Waals surface area (Å²) in [5.74, 6) is -0.0975. The molecule has 0 aliphatic rings. The van der Waals surface area contributed by atoms with Gasteiger partial charge in [0.25, 0.3) is 0 Å². The van der Waals surface area contributed by atoms with Gasteiger partial charge in [-0.2, -0.15) is 0 Å². The van der Waals surface area contributed by atoms with E-state index in [4.69, 9.17) is 4.74 Å². The molecular weight excluding hydrogens is 827 g/mol. The molecule has 0 aromatic carbocycles. The van der Waals surface area contributed by atoms with Gasteiger partial charge in [0.15, 0.2) is 0 Å². The molecule has 0 bridgehead atoms. The molecule has 0 aliphatic heterocycles. The number of amides is 1. The van der Waals surface area contributed by atoms with Gasteiger partial charge in [-0.1, -0.05) is 282 Å².